The van der Waals surface area contributed by atoms with Gasteiger partial charge in [0.15, 0.2) is 5.78 Å². The molecule has 2 rings (SSSR count). The largest absolute Gasteiger partial charge is 0.289 e. The molecule has 0 unspecified atom stereocenters. The average Bonchev–Trinajstić information content (AvgIpc) is 2.54. The number of hydrazine groups is 1. The molecule has 0 aliphatic carbocycles. The first kappa shape index (κ1) is 27.1. The van der Waals surface area contributed by atoms with Crippen molar-refractivity contribution in [1.82, 2.24) is 5.43 Å². The summed E-state index contributed by atoms with van der Waals surface area (Å²) in [6.45, 7) is 6.02. The van der Waals surface area contributed by atoms with E-state index in [0.717, 1.165) is 0 Å². The maximum atomic E-state index is 12.3. The molecule has 0 heterocycles. The molecule has 2 aromatic rings. The van der Waals surface area contributed by atoms with Gasteiger partial charge in [0.05, 0.1) is 5.02 Å². The number of carbonyl (C=O) groups excluding carboxylic acids is 2. The SMILES string of the molecule is CC(C)(C)NN.Cl.Cl.O=C(Cl)c1ccccc1C(=O)c1ccccc1Cl. The minimum atomic E-state index is -0.661. The third-order valence-electron chi connectivity index (χ3n) is 2.93. The number of ketones is 1. The van der Waals surface area contributed by atoms with E-state index in [0.29, 0.717) is 10.6 Å². The molecule has 0 aromatic heterocycles. The molecule has 0 bridgehead atoms. The molecule has 0 atom stereocenters. The van der Waals surface area contributed by atoms with Gasteiger partial charge in [-0.25, -0.2) is 0 Å². The van der Waals surface area contributed by atoms with Crippen molar-refractivity contribution in [1.29, 1.82) is 0 Å². The van der Waals surface area contributed by atoms with Crippen molar-refractivity contribution >= 4 is 59.0 Å². The number of halogens is 4. The third kappa shape index (κ3) is 8.49. The zero-order valence-corrected chi connectivity index (χ0v) is 17.7. The summed E-state index contributed by atoms with van der Waals surface area (Å²) in [6, 6.07) is 13.1. The van der Waals surface area contributed by atoms with E-state index in [1.54, 1.807) is 42.5 Å². The first-order chi connectivity index (χ1) is 11.2. The molecule has 26 heavy (non-hydrogen) atoms. The smallest absolute Gasteiger partial charge is 0.253 e. The van der Waals surface area contributed by atoms with Crippen molar-refractivity contribution in [3.05, 3.63) is 70.2 Å². The van der Waals surface area contributed by atoms with Crippen molar-refractivity contribution in [3.63, 3.8) is 0 Å². The van der Waals surface area contributed by atoms with E-state index in [9.17, 15) is 9.59 Å². The fourth-order valence-corrected chi connectivity index (χ4v) is 2.03. The van der Waals surface area contributed by atoms with E-state index in [1.165, 1.54) is 6.07 Å². The molecule has 0 saturated heterocycles. The molecule has 0 radical (unpaired) electrons. The van der Waals surface area contributed by atoms with Gasteiger partial charge in [0, 0.05) is 22.2 Å². The lowest BCUT2D eigenvalue weighted by molar-refractivity contribution is 0.102. The minimum absolute atomic E-state index is 0. The Balaban J connectivity index is 0. The normalized spacial score (nSPS) is 9.77. The second-order valence-electron chi connectivity index (χ2n) is 6.02. The van der Waals surface area contributed by atoms with Crippen LogP contribution in [-0.2, 0) is 0 Å². The van der Waals surface area contributed by atoms with E-state index in [1.807, 2.05) is 20.8 Å². The molecular formula is C18H22Cl4N2O2. The lowest BCUT2D eigenvalue weighted by Crippen LogP contribution is -2.41. The molecule has 8 heteroatoms. The molecule has 0 fully saturated rings. The monoisotopic (exact) mass is 438 g/mol. The molecule has 2 aromatic carbocycles. The van der Waals surface area contributed by atoms with Crippen LogP contribution < -0.4 is 11.3 Å². The van der Waals surface area contributed by atoms with Crippen molar-refractivity contribution in [2.24, 2.45) is 5.84 Å². The van der Waals surface area contributed by atoms with Crippen LogP contribution in [0, 0.1) is 0 Å². The highest BCUT2D eigenvalue weighted by Crippen LogP contribution is 2.21. The third-order valence-corrected chi connectivity index (χ3v) is 3.47. The molecule has 0 saturated carbocycles. The van der Waals surface area contributed by atoms with Gasteiger partial charge in [0.2, 0.25) is 0 Å². The molecule has 0 aliphatic rings. The van der Waals surface area contributed by atoms with Crippen molar-refractivity contribution < 1.29 is 9.59 Å². The van der Waals surface area contributed by atoms with Crippen LogP contribution in [-0.4, -0.2) is 16.6 Å². The maximum absolute atomic E-state index is 12.3. The number of nitrogens with one attached hydrogen (secondary N) is 1. The van der Waals surface area contributed by atoms with Gasteiger partial charge in [-0.3, -0.25) is 20.9 Å². The molecule has 0 spiro atoms. The van der Waals surface area contributed by atoms with Gasteiger partial charge in [-0.05, 0) is 50.6 Å². The first-order valence-corrected chi connectivity index (χ1v) is 7.99. The van der Waals surface area contributed by atoms with E-state index >= 15 is 0 Å². The zero-order chi connectivity index (χ0) is 18.3. The minimum Gasteiger partial charge on any atom is -0.289 e. The van der Waals surface area contributed by atoms with Gasteiger partial charge in [0.1, 0.15) is 0 Å². The quantitative estimate of drug-likeness (QED) is 0.304. The second-order valence-corrected chi connectivity index (χ2v) is 6.77. The highest BCUT2D eigenvalue weighted by atomic mass is 35.5. The van der Waals surface area contributed by atoms with E-state index in [2.05, 4.69) is 5.43 Å². The van der Waals surface area contributed by atoms with Crippen LogP contribution in [0.25, 0.3) is 0 Å². The number of hydrogen-bond donors (Lipinski definition) is 2. The maximum Gasteiger partial charge on any atom is 0.253 e. The Morgan fingerprint density at radius 3 is 1.65 bits per heavy atom. The first-order valence-electron chi connectivity index (χ1n) is 7.23. The summed E-state index contributed by atoms with van der Waals surface area (Å²) in [5, 5.41) is -0.315. The van der Waals surface area contributed by atoms with Gasteiger partial charge in [-0.15, -0.1) is 24.8 Å². The predicted octanol–water partition coefficient (Wildman–Crippen LogP) is 5.04. The molecule has 144 valence electrons. The highest BCUT2D eigenvalue weighted by molar-refractivity contribution is 6.68. The summed E-state index contributed by atoms with van der Waals surface area (Å²) in [4.78, 5) is 23.6. The number of nitrogens with two attached hydrogens (primary N) is 1. The van der Waals surface area contributed by atoms with Gasteiger partial charge >= 0.3 is 0 Å². The van der Waals surface area contributed by atoms with Crippen LogP contribution in [0.1, 0.15) is 47.1 Å². The van der Waals surface area contributed by atoms with Crippen LogP contribution in [0.3, 0.4) is 0 Å². The molecule has 3 N–H and O–H groups in total. The van der Waals surface area contributed by atoms with Crippen molar-refractivity contribution in [2.45, 2.75) is 26.3 Å². The van der Waals surface area contributed by atoms with Crippen molar-refractivity contribution in [2.75, 3.05) is 0 Å². The van der Waals surface area contributed by atoms with Crippen LogP contribution in [0.2, 0.25) is 5.02 Å². The number of rotatable bonds is 3. The fraction of sp³-hybridized carbons (Fsp3) is 0.222. The Hall–Kier alpha value is -1.14. The van der Waals surface area contributed by atoms with Gasteiger partial charge in [-0.2, -0.15) is 0 Å². The summed E-state index contributed by atoms with van der Waals surface area (Å²) < 4.78 is 0. The average molecular weight is 440 g/mol. The van der Waals surface area contributed by atoms with E-state index < -0.39 is 5.24 Å². The lowest BCUT2D eigenvalue weighted by Gasteiger charge is -2.14. The predicted molar refractivity (Wildman–Crippen MR) is 113 cm³/mol. The summed E-state index contributed by atoms with van der Waals surface area (Å²) in [7, 11) is 0. The van der Waals surface area contributed by atoms with E-state index in [-0.39, 0.29) is 47.3 Å². The standard InChI is InChI=1S/C14H8Cl2O2.C4H12N2.2ClH/c15-12-8-4-3-7-11(12)13(17)9-5-1-2-6-10(9)14(16)18;1-4(2,3)6-5;;/h1-8H;6H,5H2,1-3H3;2*1H. The second kappa shape index (κ2) is 12.3. The molecule has 0 aliphatic heterocycles. The number of benzene rings is 2. The van der Waals surface area contributed by atoms with Crippen LogP contribution >= 0.6 is 48.0 Å². The Morgan fingerprint density at radius 2 is 1.27 bits per heavy atom. The van der Waals surface area contributed by atoms with E-state index in [4.69, 9.17) is 29.0 Å². The molecule has 4 nitrogen and oxygen atoms in total. The van der Waals surface area contributed by atoms with Crippen LogP contribution in [0.4, 0.5) is 0 Å². The Kier molecular flexibility index (Phi) is 12.8. The topological polar surface area (TPSA) is 72.2 Å². The number of hydrogen-bond acceptors (Lipinski definition) is 4. The molecular weight excluding hydrogens is 418 g/mol. The van der Waals surface area contributed by atoms with Crippen molar-refractivity contribution in [3.8, 4) is 0 Å². The van der Waals surface area contributed by atoms with Gasteiger partial charge in [-0.1, -0.05) is 41.9 Å². The van der Waals surface area contributed by atoms with Crippen LogP contribution in [0.15, 0.2) is 48.5 Å². The molecule has 0 amide bonds. The van der Waals surface area contributed by atoms with Gasteiger partial charge in [0.25, 0.3) is 5.24 Å². The Morgan fingerprint density at radius 1 is 0.885 bits per heavy atom. The summed E-state index contributed by atoms with van der Waals surface area (Å²) in [5.41, 5.74) is 3.46. The Bertz CT molecular complexity index is 731. The summed E-state index contributed by atoms with van der Waals surface area (Å²) >= 11 is 11.4. The van der Waals surface area contributed by atoms with Gasteiger partial charge < -0.3 is 0 Å². The Labute approximate surface area is 176 Å². The van der Waals surface area contributed by atoms with Crippen LogP contribution in [0.5, 0.6) is 0 Å². The summed E-state index contributed by atoms with van der Waals surface area (Å²) in [5.74, 6) is 4.74. The number of carbonyl (C=O) groups is 2. The lowest BCUT2D eigenvalue weighted by atomic mass is 9.99. The highest BCUT2D eigenvalue weighted by Gasteiger charge is 2.18. The fourth-order valence-electron chi connectivity index (χ4n) is 1.64. The summed E-state index contributed by atoms with van der Waals surface area (Å²) in [6.07, 6.45) is 0. The zero-order valence-electron chi connectivity index (χ0n) is 14.6.